The minimum Gasteiger partial charge on any atom is -0.389 e. The second-order valence-corrected chi connectivity index (χ2v) is 6.39. The van der Waals surface area contributed by atoms with Crippen LogP contribution in [0.2, 0.25) is 0 Å². The fraction of sp³-hybridized carbons (Fsp3) is 1.00. The van der Waals surface area contributed by atoms with E-state index in [1.807, 2.05) is 6.92 Å². The van der Waals surface area contributed by atoms with Crippen LogP contribution < -0.4 is 5.73 Å². The molecule has 3 N–H and O–H groups in total. The number of piperidine rings is 1. The highest BCUT2D eigenvalue weighted by Gasteiger charge is 2.38. The van der Waals surface area contributed by atoms with Crippen molar-refractivity contribution in [2.45, 2.75) is 70.1 Å². The SMILES string of the molecule is CC(CC(C)(O)CN)N1CCCC2CCCC21. The molecule has 1 aliphatic heterocycles. The van der Waals surface area contributed by atoms with Gasteiger partial charge in [0.25, 0.3) is 0 Å². The van der Waals surface area contributed by atoms with Gasteiger partial charge in [-0.1, -0.05) is 6.42 Å². The van der Waals surface area contributed by atoms with Crippen LogP contribution in [-0.2, 0) is 0 Å². The molecule has 2 rings (SSSR count). The molecule has 3 heteroatoms. The van der Waals surface area contributed by atoms with E-state index in [9.17, 15) is 5.11 Å². The molecule has 4 unspecified atom stereocenters. The van der Waals surface area contributed by atoms with Gasteiger partial charge in [-0.05, 0) is 58.4 Å². The van der Waals surface area contributed by atoms with Crippen molar-refractivity contribution in [2.24, 2.45) is 11.7 Å². The minimum absolute atomic E-state index is 0.360. The zero-order valence-corrected chi connectivity index (χ0v) is 11.4. The molecule has 0 radical (unpaired) electrons. The Morgan fingerprint density at radius 3 is 2.76 bits per heavy atom. The highest BCUT2D eigenvalue weighted by molar-refractivity contribution is 4.93. The van der Waals surface area contributed by atoms with Gasteiger partial charge in [0.2, 0.25) is 0 Å². The van der Waals surface area contributed by atoms with E-state index in [-0.39, 0.29) is 0 Å². The van der Waals surface area contributed by atoms with Crippen LogP contribution in [0.3, 0.4) is 0 Å². The predicted molar refractivity (Wildman–Crippen MR) is 70.8 cm³/mol. The third kappa shape index (κ3) is 3.01. The van der Waals surface area contributed by atoms with Gasteiger partial charge >= 0.3 is 0 Å². The normalized spacial score (nSPS) is 35.3. The van der Waals surface area contributed by atoms with Gasteiger partial charge in [0, 0.05) is 18.6 Å². The molecule has 0 amide bonds. The molecule has 1 aliphatic carbocycles. The molecule has 0 aromatic rings. The van der Waals surface area contributed by atoms with Gasteiger partial charge in [0.05, 0.1) is 5.60 Å². The molecular weight excluding hydrogens is 212 g/mol. The van der Waals surface area contributed by atoms with E-state index < -0.39 is 5.60 Å². The number of likely N-dealkylation sites (tertiary alicyclic amines) is 1. The lowest BCUT2D eigenvalue weighted by Crippen LogP contribution is -2.50. The molecule has 4 atom stereocenters. The number of nitrogens with two attached hydrogens (primary N) is 1. The van der Waals surface area contributed by atoms with Gasteiger partial charge in [-0.25, -0.2) is 0 Å². The molecule has 0 aromatic heterocycles. The Balaban J connectivity index is 1.96. The number of fused-ring (bicyclic) bond motifs is 1. The Bertz CT molecular complexity index is 255. The lowest BCUT2D eigenvalue weighted by Gasteiger charge is -2.43. The smallest absolute Gasteiger partial charge is 0.0756 e. The molecule has 2 fully saturated rings. The van der Waals surface area contributed by atoms with Crippen LogP contribution in [0.15, 0.2) is 0 Å². The molecule has 1 heterocycles. The first-order chi connectivity index (χ1) is 8.03. The van der Waals surface area contributed by atoms with Crippen molar-refractivity contribution in [1.29, 1.82) is 0 Å². The summed E-state index contributed by atoms with van der Waals surface area (Å²) in [6.07, 6.45) is 7.72. The second kappa shape index (κ2) is 5.25. The summed E-state index contributed by atoms with van der Waals surface area (Å²) in [6, 6.07) is 1.24. The van der Waals surface area contributed by atoms with Gasteiger partial charge in [0.1, 0.15) is 0 Å². The maximum atomic E-state index is 10.1. The van der Waals surface area contributed by atoms with E-state index in [1.54, 1.807) is 0 Å². The molecule has 17 heavy (non-hydrogen) atoms. The van der Waals surface area contributed by atoms with Crippen molar-refractivity contribution < 1.29 is 5.11 Å². The van der Waals surface area contributed by atoms with Crippen LogP contribution in [0.4, 0.5) is 0 Å². The summed E-state index contributed by atoms with van der Waals surface area (Å²) in [5.74, 6) is 0.925. The molecule has 0 aromatic carbocycles. The quantitative estimate of drug-likeness (QED) is 0.787. The highest BCUT2D eigenvalue weighted by Crippen LogP contribution is 2.38. The average Bonchev–Trinajstić information content (AvgIpc) is 2.76. The van der Waals surface area contributed by atoms with E-state index >= 15 is 0 Å². The summed E-state index contributed by atoms with van der Waals surface area (Å²) in [4.78, 5) is 2.64. The van der Waals surface area contributed by atoms with Gasteiger partial charge < -0.3 is 10.8 Å². The topological polar surface area (TPSA) is 49.5 Å². The summed E-state index contributed by atoms with van der Waals surface area (Å²) in [7, 11) is 0. The summed E-state index contributed by atoms with van der Waals surface area (Å²) in [5, 5.41) is 10.1. The number of rotatable bonds is 4. The molecule has 3 nitrogen and oxygen atoms in total. The van der Waals surface area contributed by atoms with E-state index in [4.69, 9.17) is 5.73 Å². The first-order valence-corrected chi connectivity index (χ1v) is 7.22. The van der Waals surface area contributed by atoms with E-state index in [0.717, 1.165) is 18.4 Å². The minimum atomic E-state index is -0.703. The first kappa shape index (κ1) is 13.3. The monoisotopic (exact) mass is 240 g/mol. The molecular formula is C14H28N2O. The zero-order valence-electron chi connectivity index (χ0n) is 11.4. The average molecular weight is 240 g/mol. The van der Waals surface area contributed by atoms with Crippen LogP contribution in [0, 0.1) is 5.92 Å². The van der Waals surface area contributed by atoms with Crippen LogP contribution in [0.25, 0.3) is 0 Å². The number of aliphatic hydroxyl groups is 1. The Morgan fingerprint density at radius 1 is 1.35 bits per heavy atom. The van der Waals surface area contributed by atoms with Gasteiger partial charge in [0.15, 0.2) is 0 Å². The van der Waals surface area contributed by atoms with Crippen molar-refractivity contribution in [1.82, 2.24) is 4.90 Å². The first-order valence-electron chi connectivity index (χ1n) is 7.22. The fourth-order valence-corrected chi connectivity index (χ4v) is 3.88. The molecule has 1 saturated heterocycles. The molecule has 2 aliphatic rings. The van der Waals surface area contributed by atoms with Gasteiger partial charge in [-0.3, -0.25) is 4.90 Å². The molecule has 0 spiro atoms. The van der Waals surface area contributed by atoms with Crippen LogP contribution >= 0.6 is 0 Å². The fourth-order valence-electron chi connectivity index (χ4n) is 3.88. The number of nitrogens with zero attached hydrogens (tertiary/aromatic N) is 1. The summed E-state index contributed by atoms with van der Waals surface area (Å²) >= 11 is 0. The van der Waals surface area contributed by atoms with Crippen molar-refractivity contribution in [3.63, 3.8) is 0 Å². The Hall–Kier alpha value is -0.120. The van der Waals surface area contributed by atoms with Crippen LogP contribution in [0.1, 0.15) is 52.4 Å². The summed E-state index contributed by atoms with van der Waals surface area (Å²) < 4.78 is 0. The lowest BCUT2D eigenvalue weighted by atomic mass is 9.88. The van der Waals surface area contributed by atoms with E-state index in [0.29, 0.717) is 12.6 Å². The third-order valence-electron chi connectivity index (χ3n) is 4.78. The molecule has 1 saturated carbocycles. The summed E-state index contributed by atoms with van der Waals surface area (Å²) in [5.41, 5.74) is 4.92. The Kier molecular flexibility index (Phi) is 4.11. The van der Waals surface area contributed by atoms with Crippen LogP contribution in [0.5, 0.6) is 0 Å². The maximum Gasteiger partial charge on any atom is 0.0756 e. The Morgan fingerprint density at radius 2 is 2.06 bits per heavy atom. The van der Waals surface area contributed by atoms with Crippen molar-refractivity contribution in [3.05, 3.63) is 0 Å². The summed E-state index contributed by atoms with van der Waals surface area (Å²) in [6.45, 7) is 5.69. The zero-order chi connectivity index (χ0) is 12.5. The van der Waals surface area contributed by atoms with Crippen molar-refractivity contribution >= 4 is 0 Å². The van der Waals surface area contributed by atoms with Gasteiger partial charge in [-0.15, -0.1) is 0 Å². The van der Waals surface area contributed by atoms with E-state index in [2.05, 4.69) is 11.8 Å². The van der Waals surface area contributed by atoms with Crippen molar-refractivity contribution in [2.75, 3.05) is 13.1 Å². The maximum absolute atomic E-state index is 10.1. The number of hydrogen-bond acceptors (Lipinski definition) is 3. The van der Waals surface area contributed by atoms with Crippen LogP contribution in [-0.4, -0.2) is 40.8 Å². The van der Waals surface area contributed by atoms with E-state index in [1.165, 1.54) is 38.6 Å². The third-order valence-corrected chi connectivity index (χ3v) is 4.78. The standard InChI is InChI=1S/C14H28N2O/c1-11(9-14(2,17)10-15)16-8-4-6-12-5-3-7-13(12)16/h11-13,17H,3-10,15H2,1-2H3. The molecule has 100 valence electrons. The Labute approximate surface area is 105 Å². The predicted octanol–water partition coefficient (Wildman–Crippen LogP) is 1.74. The lowest BCUT2D eigenvalue weighted by molar-refractivity contribution is 0.00208. The largest absolute Gasteiger partial charge is 0.389 e. The highest BCUT2D eigenvalue weighted by atomic mass is 16.3. The number of hydrogen-bond donors (Lipinski definition) is 2. The molecule has 0 bridgehead atoms. The van der Waals surface area contributed by atoms with Gasteiger partial charge in [-0.2, -0.15) is 0 Å². The van der Waals surface area contributed by atoms with Crippen molar-refractivity contribution in [3.8, 4) is 0 Å². The second-order valence-electron chi connectivity index (χ2n) is 6.39.